The van der Waals surface area contributed by atoms with Gasteiger partial charge in [0.25, 0.3) is 0 Å². The summed E-state index contributed by atoms with van der Waals surface area (Å²) in [6.07, 6.45) is 1.75. The van der Waals surface area contributed by atoms with Crippen LogP contribution in [0.2, 0.25) is 0 Å². The fraction of sp³-hybridized carbons (Fsp3) is 0.700. The molecular weight excluding hydrogens is 183 g/mol. The van der Waals surface area contributed by atoms with Crippen LogP contribution in [-0.2, 0) is 11.2 Å². The molecule has 0 spiro atoms. The molecule has 1 aromatic heterocycles. The fourth-order valence-electron chi connectivity index (χ4n) is 1.51. The van der Waals surface area contributed by atoms with E-state index in [1.807, 2.05) is 0 Å². The van der Waals surface area contributed by atoms with Crippen molar-refractivity contribution in [3.63, 3.8) is 0 Å². The van der Waals surface area contributed by atoms with Gasteiger partial charge in [-0.1, -0.05) is 0 Å². The lowest BCUT2D eigenvalue weighted by Gasteiger charge is -2.10. The molecule has 1 aliphatic rings. The first kappa shape index (κ1) is 9.65. The van der Waals surface area contributed by atoms with E-state index >= 15 is 0 Å². The van der Waals surface area contributed by atoms with Gasteiger partial charge in [0.2, 0.25) is 5.89 Å². The zero-order valence-corrected chi connectivity index (χ0v) is 8.72. The number of hydrogen-bond donors (Lipinski definition) is 1. The molecule has 0 saturated heterocycles. The van der Waals surface area contributed by atoms with E-state index in [0.29, 0.717) is 17.3 Å². The Bertz CT molecular complexity index is 361. The molecule has 2 rings (SSSR count). The third-order valence-corrected chi connectivity index (χ3v) is 2.55. The van der Waals surface area contributed by atoms with E-state index in [-0.39, 0.29) is 0 Å². The summed E-state index contributed by atoms with van der Waals surface area (Å²) < 4.78 is 19.0. The minimum Gasteiger partial charge on any atom is -0.440 e. The van der Waals surface area contributed by atoms with Crippen LogP contribution in [0.3, 0.4) is 0 Å². The third kappa shape index (κ3) is 1.43. The van der Waals surface area contributed by atoms with Gasteiger partial charge in [0, 0.05) is 0 Å². The lowest BCUT2D eigenvalue weighted by molar-refractivity contribution is 0.172. The average molecular weight is 198 g/mol. The standard InChI is InChI=1S/C10H15FN2O/c1-6-7(9(2,3)11)14-8(13-6)10(12)4-5-10/h4-5,12H2,1-3H3. The molecule has 0 radical (unpaired) electrons. The fourth-order valence-corrected chi connectivity index (χ4v) is 1.51. The van der Waals surface area contributed by atoms with E-state index in [2.05, 4.69) is 4.98 Å². The van der Waals surface area contributed by atoms with E-state index in [1.54, 1.807) is 6.92 Å². The van der Waals surface area contributed by atoms with Gasteiger partial charge in [0.05, 0.1) is 11.2 Å². The third-order valence-electron chi connectivity index (χ3n) is 2.55. The molecule has 14 heavy (non-hydrogen) atoms. The van der Waals surface area contributed by atoms with Crippen LogP contribution in [0.1, 0.15) is 44.0 Å². The summed E-state index contributed by atoms with van der Waals surface area (Å²) in [4.78, 5) is 4.18. The Kier molecular flexibility index (Phi) is 1.77. The molecule has 4 heteroatoms. The first-order valence-corrected chi connectivity index (χ1v) is 4.79. The highest BCUT2D eigenvalue weighted by Crippen LogP contribution is 2.43. The smallest absolute Gasteiger partial charge is 0.214 e. The van der Waals surface area contributed by atoms with Crippen LogP contribution in [0.5, 0.6) is 0 Å². The van der Waals surface area contributed by atoms with E-state index < -0.39 is 11.2 Å². The number of alkyl halides is 1. The van der Waals surface area contributed by atoms with E-state index in [9.17, 15) is 4.39 Å². The number of nitrogens with two attached hydrogens (primary N) is 1. The van der Waals surface area contributed by atoms with Gasteiger partial charge in [0.15, 0.2) is 11.4 Å². The number of hydrogen-bond acceptors (Lipinski definition) is 3. The number of oxazole rings is 1. The van der Waals surface area contributed by atoms with Crippen molar-refractivity contribution in [1.82, 2.24) is 4.98 Å². The van der Waals surface area contributed by atoms with Gasteiger partial charge in [0.1, 0.15) is 0 Å². The van der Waals surface area contributed by atoms with Gasteiger partial charge in [-0.2, -0.15) is 0 Å². The van der Waals surface area contributed by atoms with Crippen molar-refractivity contribution in [2.75, 3.05) is 0 Å². The Morgan fingerprint density at radius 1 is 1.50 bits per heavy atom. The molecule has 1 aromatic rings. The molecule has 1 heterocycles. The summed E-state index contributed by atoms with van der Waals surface area (Å²) in [6, 6.07) is 0. The zero-order chi connectivity index (χ0) is 10.6. The lowest BCUT2D eigenvalue weighted by atomic mass is 10.1. The summed E-state index contributed by atoms with van der Waals surface area (Å²) in [5, 5.41) is 0. The highest BCUT2D eigenvalue weighted by Gasteiger charge is 2.46. The van der Waals surface area contributed by atoms with Crippen molar-refractivity contribution in [3.05, 3.63) is 17.3 Å². The Morgan fingerprint density at radius 2 is 2.07 bits per heavy atom. The van der Waals surface area contributed by atoms with Gasteiger partial charge in [-0.25, -0.2) is 9.37 Å². The minimum absolute atomic E-state index is 0.296. The SMILES string of the molecule is Cc1nc(C2(N)CC2)oc1C(C)(C)F. The largest absolute Gasteiger partial charge is 0.440 e. The molecule has 3 nitrogen and oxygen atoms in total. The number of rotatable bonds is 2. The molecule has 2 N–H and O–H groups in total. The summed E-state index contributed by atoms with van der Waals surface area (Å²) >= 11 is 0. The molecule has 0 amide bonds. The predicted octanol–water partition coefficient (Wildman–Crippen LogP) is 2.14. The maximum absolute atomic E-state index is 13.6. The van der Waals surface area contributed by atoms with Crippen molar-refractivity contribution in [2.45, 2.75) is 44.8 Å². The molecule has 0 aromatic carbocycles. The van der Waals surface area contributed by atoms with Crippen LogP contribution in [0.4, 0.5) is 4.39 Å². The van der Waals surface area contributed by atoms with Crippen LogP contribution in [0.15, 0.2) is 4.42 Å². The van der Waals surface area contributed by atoms with E-state index in [1.165, 1.54) is 13.8 Å². The average Bonchev–Trinajstić information content (AvgIpc) is 2.61. The molecular formula is C10H15FN2O. The maximum atomic E-state index is 13.6. The molecule has 78 valence electrons. The van der Waals surface area contributed by atoms with Crippen LogP contribution in [0.25, 0.3) is 0 Å². The second kappa shape index (κ2) is 2.57. The second-order valence-electron chi connectivity index (χ2n) is 4.56. The molecule has 1 saturated carbocycles. The van der Waals surface area contributed by atoms with Crippen molar-refractivity contribution >= 4 is 0 Å². The predicted molar refractivity (Wildman–Crippen MR) is 50.5 cm³/mol. The zero-order valence-electron chi connectivity index (χ0n) is 8.72. The molecule has 1 aliphatic carbocycles. The van der Waals surface area contributed by atoms with Crippen molar-refractivity contribution < 1.29 is 8.81 Å². The molecule has 0 atom stereocenters. The van der Waals surface area contributed by atoms with Gasteiger partial charge in [-0.3, -0.25) is 0 Å². The Hall–Kier alpha value is -0.900. The lowest BCUT2D eigenvalue weighted by Crippen LogP contribution is -2.19. The Morgan fingerprint density at radius 3 is 2.43 bits per heavy atom. The van der Waals surface area contributed by atoms with Crippen LogP contribution >= 0.6 is 0 Å². The van der Waals surface area contributed by atoms with E-state index in [4.69, 9.17) is 10.2 Å². The minimum atomic E-state index is -1.49. The maximum Gasteiger partial charge on any atom is 0.214 e. The highest BCUT2D eigenvalue weighted by atomic mass is 19.1. The highest BCUT2D eigenvalue weighted by molar-refractivity contribution is 5.20. The van der Waals surface area contributed by atoms with Gasteiger partial charge in [-0.15, -0.1) is 0 Å². The second-order valence-corrected chi connectivity index (χ2v) is 4.56. The topological polar surface area (TPSA) is 52.0 Å². The Labute approximate surface area is 82.5 Å². The molecule has 0 aliphatic heterocycles. The number of halogens is 1. The molecule has 0 unspecified atom stereocenters. The van der Waals surface area contributed by atoms with Gasteiger partial charge in [-0.05, 0) is 33.6 Å². The molecule has 1 fully saturated rings. The summed E-state index contributed by atoms with van der Waals surface area (Å²) in [6.45, 7) is 4.66. The Balaban J connectivity index is 2.40. The van der Waals surface area contributed by atoms with Crippen LogP contribution < -0.4 is 5.73 Å². The van der Waals surface area contributed by atoms with Crippen molar-refractivity contribution in [2.24, 2.45) is 5.73 Å². The van der Waals surface area contributed by atoms with Gasteiger partial charge < -0.3 is 10.2 Å². The van der Waals surface area contributed by atoms with Crippen molar-refractivity contribution in [1.29, 1.82) is 0 Å². The number of nitrogens with zero attached hydrogens (tertiary/aromatic N) is 1. The molecule has 0 bridgehead atoms. The monoisotopic (exact) mass is 198 g/mol. The normalized spacial score (nSPS) is 19.8. The summed E-state index contributed by atoms with van der Waals surface area (Å²) in [7, 11) is 0. The summed E-state index contributed by atoms with van der Waals surface area (Å²) in [5.74, 6) is 0.778. The first-order chi connectivity index (χ1) is 6.33. The van der Waals surface area contributed by atoms with Crippen molar-refractivity contribution in [3.8, 4) is 0 Å². The van der Waals surface area contributed by atoms with Crippen LogP contribution in [0, 0.1) is 6.92 Å². The van der Waals surface area contributed by atoms with Crippen LogP contribution in [-0.4, -0.2) is 4.98 Å². The quantitative estimate of drug-likeness (QED) is 0.792. The van der Waals surface area contributed by atoms with E-state index in [0.717, 1.165) is 12.8 Å². The number of aryl methyl sites for hydroxylation is 1. The van der Waals surface area contributed by atoms with Gasteiger partial charge >= 0.3 is 0 Å². The number of aromatic nitrogens is 1. The summed E-state index contributed by atoms with van der Waals surface area (Å²) in [5.41, 5.74) is 4.61. The first-order valence-electron chi connectivity index (χ1n) is 4.79.